The van der Waals surface area contributed by atoms with Crippen molar-refractivity contribution < 1.29 is 14.0 Å². The molecule has 2 fully saturated rings. The predicted molar refractivity (Wildman–Crippen MR) is 109 cm³/mol. The maximum absolute atomic E-state index is 12.3. The van der Waals surface area contributed by atoms with Crippen LogP contribution in [0.3, 0.4) is 0 Å². The molecule has 8 nitrogen and oxygen atoms in total. The zero-order valence-electron chi connectivity index (χ0n) is 16.4. The van der Waals surface area contributed by atoms with Gasteiger partial charge in [0.15, 0.2) is 5.58 Å². The molecule has 3 heterocycles. The van der Waals surface area contributed by atoms with Crippen molar-refractivity contribution in [3.05, 3.63) is 22.5 Å². The van der Waals surface area contributed by atoms with Crippen LogP contribution in [0.4, 0.5) is 10.5 Å². The lowest BCUT2D eigenvalue weighted by atomic mass is 9.74. The number of oxazole rings is 1. The van der Waals surface area contributed by atoms with Crippen LogP contribution in [0.15, 0.2) is 10.5 Å². The molecule has 2 N–H and O–H groups in total. The van der Waals surface area contributed by atoms with Crippen molar-refractivity contribution in [1.29, 1.82) is 0 Å². The van der Waals surface area contributed by atoms with Crippen molar-refractivity contribution >= 4 is 40.3 Å². The second kappa shape index (κ2) is 6.88. The number of carbonyl (C=O) groups is 2. The summed E-state index contributed by atoms with van der Waals surface area (Å²) >= 11 is 6.54. The van der Waals surface area contributed by atoms with Gasteiger partial charge in [0.2, 0.25) is 11.8 Å². The minimum atomic E-state index is -0.473. The largest absolute Gasteiger partial charge is 0.439 e. The molecule has 1 saturated carbocycles. The Kier molecular flexibility index (Phi) is 4.43. The first-order valence-electron chi connectivity index (χ1n) is 10.1. The monoisotopic (exact) mass is 417 g/mol. The van der Waals surface area contributed by atoms with Gasteiger partial charge in [-0.05, 0) is 18.9 Å². The van der Waals surface area contributed by atoms with E-state index in [0.717, 1.165) is 44.2 Å². The van der Waals surface area contributed by atoms with Gasteiger partial charge in [-0.15, -0.1) is 0 Å². The van der Waals surface area contributed by atoms with Gasteiger partial charge in [-0.1, -0.05) is 30.9 Å². The van der Waals surface area contributed by atoms with Gasteiger partial charge in [0.1, 0.15) is 5.52 Å². The molecule has 1 spiro atoms. The van der Waals surface area contributed by atoms with Crippen molar-refractivity contribution in [2.75, 3.05) is 32.0 Å². The van der Waals surface area contributed by atoms with Gasteiger partial charge in [0.05, 0.1) is 29.3 Å². The first-order valence-corrected chi connectivity index (χ1v) is 10.5. The Labute approximate surface area is 173 Å². The number of amides is 3. The summed E-state index contributed by atoms with van der Waals surface area (Å²) < 4.78 is 6.22. The number of fused-ring (bicyclic) bond motifs is 4. The lowest BCUT2D eigenvalue weighted by Gasteiger charge is -2.42. The van der Waals surface area contributed by atoms with Crippen LogP contribution in [0, 0.1) is 0 Å². The maximum atomic E-state index is 12.3. The molecule has 1 aliphatic carbocycles. The molecular weight excluding hydrogens is 394 g/mol. The van der Waals surface area contributed by atoms with Gasteiger partial charge in [0, 0.05) is 25.7 Å². The van der Waals surface area contributed by atoms with Crippen molar-refractivity contribution in [2.24, 2.45) is 0 Å². The number of carbonyl (C=O) groups excluding carboxylic acids is 2. The highest BCUT2D eigenvalue weighted by atomic mass is 35.5. The molecule has 29 heavy (non-hydrogen) atoms. The minimum absolute atomic E-state index is 0.0980. The molecule has 1 saturated heterocycles. The van der Waals surface area contributed by atoms with E-state index in [2.05, 4.69) is 15.6 Å². The molecule has 0 radical (unpaired) electrons. The molecule has 154 valence electrons. The quantitative estimate of drug-likeness (QED) is 0.783. The van der Waals surface area contributed by atoms with Crippen LogP contribution in [-0.2, 0) is 16.9 Å². The number of likely N-dealkylation sites (N-methyl/N-ethyl adjacent to an activating group) is 1. The van der Waals surface area contributed by atoms with E-state index in [-0.39, 0.29) is 11.9 Å². The maximum Gasteiger partial charge on any atom is 0.319 e. The molecular formula is C20H24ClN5O3. The van der Waals surface area contributed by atoms with E-state index in [9.17, 15) is 9.59 Å². The molecule has 2 aromatic rings. The molecule has 3 amide bonds. The highest BCUT2D eigenvalue weighted by molar-refractivity contribution is 6.35. The predicted octanol–water partition coefficient (Wildman–Crippen LogP) is 3.05. The Morgan fingerprint density at radius 1 is 1.24 bits per heavy atom. The van der Waals surface area contributed by atoms with E-state index in [4.69, 9.17) is 16.0 Å². The lowest BCUT2D eigenvalue weighted by Crippen LogP contribution is -2.52. The summed E-state index contributed by atoms with van der Waals surface area (Å²) in [5, 5.41) is 6.49. The van der Waals surface area contributed by atoms with Crippen LogP contribution in [-0.4, -0.2) is 53.4 Å². The van der Waals surface area contributed by atoms with Gasteiger partial charge in [0.25, 0.3) is 0 Å². The number of nitrogens with zero attached hydrogens (tertiary/aromatic N) is 3. The van der Waals surface area contributed by atoms with Crippen LogP contribution in [0.25, 0.3) is 11.1 Å². The average Bonchev–Trinajstić information content (AvgIpc) is 3.07. The summed E-state index contributed by atoms with van der Waals surface area (Å²) in [6, 6.07) is 1.52. The number of aromatic nitrogens is 1. The Hall–Kier alpha value is -2.32. The second-order valence-electron chi connectivity index (χ2n) is 8.31. The lowest BCUT2D eigenvalue weighted by molar-refractivity contribution is -0.134. The van der Waals surface area contributed by atoms with Crippen molar-refractivity contribution in [3.63, 3.8) is 0 Å². The number of hydrogen-bond donors (Lipinski definition) is 2. The fraction of sp³-hybridized carbons (Fsp3) is 0.550. The molecule has 1 aromatic carbocycles. The van der Waals surface area contributed by atoms with Gasteiger partial charge in [-0.25, -0.2) is 9.78 Å². The number of piperazine rings is 1. The first kappa shape index (κ1) is 18.7. The van der Waals surface area contributed by atoms with Crippen LogP contribution in [0.5, 0.6) is 0 Å². The number of anilines is 1. The number of urea groups is 1. The molecule has 2 aliphatic heterocycles. The fourth-order valence-corrected chi connectivity index (χ4v) is 5.06. The summed E-state index contributed by atoms with van der Waals surface area (Å²) in [7, 11) is 1.82. The van der Waals surface area contributed by atoms with Crippen LogP contribution in [0.1, 0.15) is 43.6 Å². The number of rotatable bonds is 2. The highest BCUT2D eigenvalue weighted by Gasteiger charge is 2.44. The summed E-state index contributed by atoms with van der Waals surface area (Å²) in [6.45, 7) is 2.30. The Bertz CT molecular complexity index is 998. The standard InChI is InChI=1S/C20H24ClN5O3/c1-25-7-8-26(11-15(25)27)10-14-22-13-9-12(21)17-16(18(13)29-14)20(24-19(28)23-17)5-3-2-4-6-20/h9H,2-8,10-11H2,1H3,(H2,23,24,28). The van der Waals surface area contributed by atoms with Crippen LogP contribution < -0.4 is 10.6 Å². The number of benzene rings is 1. The van der Waals surface area contributed by atoms with Crippen molar-refractivity contribution in [2.45, 2.75) is 44.2 Å². The smallest absolute Gasteiger partial charge is 0.319 e. The summed E-state index contributed by atoms with van der Waals surface area (Å²) in [4.78, 5) is 32.8. The highest BCUT2D eigenvalue weighted by Crippen LogP contribution is 2.48. The molecule has 9 heteroatoms. The average molecular weight is 418 g/mol. The number of hydrogen-bond acceptors (Lipinski definition) is 5. The van der Waals surface area contributed by atoms with E-state index in [0.29, 0.717) is 47.3 Å². The van der Waals surface area contributed by atoms with E-state index in [1.54, 1.807) is 11.0 Å². The Balaban J connectivity index is 1.56. The SMILES string of the molecule is CN1CCN(Cc2nc3cc(Cl)c4c(c3o2)C2(CCCCC2)NC(=O)N4)CC1=O. The fourth-order valence-electron chi connectivity index (χ4n) is 4.81. The van der Waals surface area contributed by atoms with Crippen LogP contribution >= 0.6 is 11.6 Å². The molecule has 1 aromatic heterocycles. The molecule has 5 rings (SSSR count). The summed E-state index contributed by atoms with van der Waals surface area (Å²) in [5.74, 6) is 0.658. The van der Waals surface area contributed by atoms with E-state index >= 15 is 0 Å². The zero-order chi connectivity index (χ0) is 20.2. The van der Waals surface area contributed by atoms with Gasteiger partial charge < -0.3 is 20.0 Å². The molecule has 0 atom stereocenters. The Morgan fingerprint density at radius 3 is 2.79 bits per heavy atom. The third-order valence-corrected chi connectivity index (χ3v) is 6.65. The number of halogens is 1. The van der Waals surface area contributed by atoms with Crippen LogP contribution in [0.2, 0.25) is 5.02 Å². The van der Waals surface area contributed by atoms with Gasteiger partial charge >= 0.3 is 6.03 Å². The van der Waals surface area contributed by atoms with Crippen molar-refractivity contribution in [1.82, 2.24) is 20.1 Å². The van der Waals surface area contributed by atoms with Gasteiger partial charge in [-0.2, -0.15) is 0 Å². The number of nitrogens with one attached hydrogen (secondary N) is 2. The summed E-state index contributed by atoms with van der Waals surface area (Å²) in [6.07, 6.45) is 4.94. The second-order valence-corrected chi connectivity index (χ2v) is 8.72. The van der Waals surface area contributed by atoms with Gasteiger partial charge in [-0.3, -0.25) is 9.69 Å². The minimum Gasteiger partial charge on any atom is -0.439 e. The van der Waals surface area contributed by atoms with Crippen molar-refractivity contribution in [3.8, 4) is 0 Å². The van der Waals surface area contributed by atoms with E-state index < -0.39 is 5.54 Å². The zero-order valence-corrected chi connectivity index (χ0v) is 17.1. The topological polar surface area (TPSA) is 90.7 Å². The normalized spacial score (nSPS) is 21.9. The van der Waals surface area contributed by atoms with E-state index in [1.165, 1.54) is 0 Å². The third kappa shape index (κ3) is 3.14. The molecule has 3 aliphatic rings. The Morgan fingerprint density at radius 2 is 2.03 bits per heavy atom. The van der Waals surface area contributed by atoms with E-state index in [1.807, 2.05) is 11.9 Å². The molecule has 0 bridgehead atoms. The summed E-state index contributed by atoms with van der Waals surface area (Å²) in [5.41, 5.74) is 2.43. The molecule has 0 unspecified atom stereocenters. The third-order valence-electron chi connectivity index (χ3n) is 6.35. The first-order chi connectivity index (χ1) is 13.9.